The molecule has 98 valence electrons. The molecule has 3 nitrogen and oxygen atoms in total. The summed E-state index contributed by atoms with van der Waals surface area (Å²) in [6.07, 6.45) is 0. The van der Waals surface area contributed by atoms with Crippen LogP contribution in [0.2, 0.25) is 0 Å². The van der Waals surface area contributed by atoms with Crippen molar-refractivity contribution in [1.29, 1.82) is 0 Å². The maximum absolute atomic E-state index is 13.1. The van der Waals surface area contributed by atoms with E-state index < -0.39 is 0 Å². The molecule has 0 radical (unpaired) electrons. The van der Waals surface area contributed by atoms with Gasteiger partial charge in [0.2, 0.25) is 5.91 Å². The van der Waals surface area contributed by atoms with Crippen molar-refractivity contribution in [3.05, 3.63) is 35.6 Å². The highest BCUT2D eigenvalue weighted by Crippen LogP contribution is 2.19. The van der Waals surface area contributed by atoms with Crippen molar-refractivity contribution >= 4 is 5.91 Å². The van der Waals surface area contributed by atoms with Crippen molar-refractivity contribution in [3.8, 4) is 0 Å². The Kier molecular flexibility index (Phi) is 3.97. The summed E-state index contributed by atoms with van der Waals surface area (Å²) in [5.74, 6) is 0.190. The van der Waals surface area contributed by atoms with Gasteiger partial charge in [-0.2, -0.15) is 0 Å². The maximum atomic E-state index is 13.1. The monoisotopic (exact) mass is 250 g/mol. The molecule has 1 saturated heterocycles. The van der Waals surface area contributed by atoms with Gasteiger partial charge in [-0.1, -0.05) is 19.1 Å². The van der Waals surface area contributed by atoms with E-state index in [1.165, 1.54) is 12.1 Å². The molecule has 1 heterocycles. The van der Waals surface area contributed by atoms with Gasteiger partial charge < -0.3 is 10.6 Å². The molecule has 1 aromatic rings. The van der Waals surface area contributed by atoms with Crippen LogP contribution >= 0.6 is 0 Å². The van der Waals surface area contributed by atoms with Gasteiger partial charge in [-0.25, -0.2) is 4.39 Å². The molecule has 1 aliphatic rings. The van der Waals surface area contributed by atoms with Crippen LogP contribution in [0.15, 0.2) is 24.3 Å². The summed E-state index contributed by atoms with van der Waals surface area (Å²) in [5.41, 5.74) is 0.794. The number of carbonyl (C=O) groups is 1. The van der Waals surface area contributed by atoms with Crippen LogP contribution in [0.4, 0.5) is 4.39 Å². The standard InChI is InChI=1S/C14H19FN2O/c1-9(12-7-16-8-12)14(18)17-10(2)11-4-3-5-13(15)6-11/h3-6,9-10,12,16H,7-8H2,1-2H3,(H,17,18). The van der Waals surface area contributed by atoms with E-state index in [1.807, 2.05) is 19.9 Å². The molecule has 0 saturated carbocycles. The second-order valence-electron chi connectivity index (χ2n) is 4.99. The van der Waals surface area contributed by atoms with Crippen LogP contribution in [-0.2, 0) is 4.79 Å². The quantitative estimate of drug-likeness (QED) is 0.856. The number of hydrogen-bond acceptors (Lipinski definition) is 2. The fourth-order valence-electron chi connectivity index (χ4n) is 2.08. The second-order valence-corrected chi connectivity index (χ2v) is 4.99. The predicted molar refractivity (Wildman–Crippen MR) is 68.5 cm³/mol. The zero-order valence-electron chi connectivity index (χ0n) is 10.7. The van der Waals surface area contributed by atoms with Crippen molar-refractivity contribution in [1.82, 2.24) is 10.6 Å². The number of rotatable bonds is 4. The minimum atomic E-state index is -0.273. The van der Waals surface area contributed by atoms with Crippen molar-refractivity contribution < 1.29 is 9.18 Å². The van der Waals surface area contributed by atoms with Gasteiger partial charge in [0.15, 0.2) is 0 Å². The molecule has 0 aliphatic carbocycles. The number of benzene rings is 1. The van der Waals surface area contributed by atoms with Crippen molar-refractivity contribution in [2.45, 2.75) is 19.9 Å². The van der Waals surface area contributed by atoms with Crippen LogP contribution in [0.3, 0.4) is 0 Å². The third-order valence-electron chi connectivity index (χ3n) is 3.64. The van der Waals surface area contributed by atoms with E-state index in [0.717, 1.165) is 18.7 Å². The summed E-state index contributed by atoms with van der Waals surface area (Å²) in [6.45, 7) is 5.63. The van der Waals surface area contributed by atoms with Gasteiger partial charge in [-0.15, -0.1) is 0 Å². The van der Waals surface area contributed by atoms with E-state index in [1.54, 1.807) is 6.07 Å². The van der Waals surface area contributed by atoms with Crippen molar-refractivity contribution in [3.63, 3.8) is 0 Å². The lowest BCUT2D eigenvalue weighted by Crippen LogP contribution is -2.49. The first-order chi connectivity index (χ1) is 8.58. The molecular weight excluding hydrogens is 231 g/mol. The van der Waals surface area contributed by atoms with E-state index in [4.69, 9.17) is 0 Å². The Morgan fingerprint density at radius 3 is 2.72 bits per heavy atom. The molecule has 18 heavy (non-hydrogen) atoms. The molecule has 1 aliphatic heterocycles. The molecule has 1 amide bonds. The second kappa shape index (κ2) is 5.48. The lowest BCUT2D eigenvalue weighted by molar-refractivity contribution is -0.127. The van der Waals surface area contributed by atoms with Gasteiger partial charge in [-0.05, 0) is 43.6 Å². The molecule has 0 bridgehead atoms. The maximum Gasteiger partial charge on any atom is 0.223 e. The smallest absolute Gasteiger partial charge is 0.223 e. The Bertz CT molecular complexity index is 432. The fraction of sp³-hybridized carbons (Fsp3) is 0.500. The molecule has 4 heteroatoms. The highest BCUT2D eigenvalue weighted by atomic mass is 19.1. The van der Waals surface area contributed by atoms with Crippen LogP contribution in [0.5, 0.6) is 0 Å². The van der Waals surface area contributed by atoms with Gasteiger partial charge in [0.05, 0.1) is 6.04 Å². The summed E-state index contributed by atoms with van der Waals surface area (Å²) in [4.78, 5) is 12.0. The lowest BCUT2D eigenvalue weighted by Gasteiger charge is -2.32. The fourth-order valence-corrected chi connectivity index (χ4v) is 2.08. The molecular formula is C14H19FN2O. The normalized spacial score (nSPS) is 18.8. The zero-order valence-corrected chi connectivity index (χ0v) is 10.7. The summed E-state index contributed by atoms with van der Waals surface area (Å²) >= 11 is 0. The van der Waals surface area contributed by atoms with Crippen LogP contribution in [0.1, 0.15) is 25.5 Å². The van der Waals surface area contributed by atoms with Gasteiger partial charge >= 0.3 is 0 Å². The van der Waals surface area contributed by atoms with E-state index in [9.17, 15) is 9.18 Å². The Balaban J connectivity index is 1.94. The Morgan fingerprint density at radius 1 is 1.44 bits per heavy atom. The van der Waals surface area contributed by atoms with Crippen LogP contribution in [0, 0.1) is 17.7 Å². The first-order valence-electron chi connectivity index (χ1n) is 6.34. The molecule has 2 rings (SSSR count). The SMILES string of the molecule is CC(NC(=O)C(C)C1CNC1)c1cccc(F)c1. The zero-order chi connectivity index (χ0) is 13.1. The van der Waals surface area contributed by atoms with E-state index in [-0.39, 0.29) is 23.7 Å². The Labute approximate surface area is 107 Å². The summed E-state index contributed by atoms with van der Waals surface area (Å²) in [6, 6.07) is 6.18. The van der Waals surface area contributed by atoms with Crippen molar-refractivity contribution in [2.24, 2.45) is 11.8 Å². The van der Waals surface area contributed by atoms with Crippen molar-refractivity contribution in [2.75, 3.05) is 13.1 Å². The molecule has 0 aromatic heterocycles. The van der Waals surface area contributed by atoms with Crippen LogP contribution < -0.4 is 10.6 Å². The molecule has 2 N–H and O–H groups in total. The van der Waals surface area contributed by atoms with Crippen LogP contribution in [-0.4, -0.2) is 19.0 Å². The van der Waals surface area contributed by atoms with Gasteiger partial charge in [-0.3, -0.25) is 4.79 Å². The van der Waals surface area contributed by atoms with E-state index in [0.29, 0.717) is 5.92 Å². The van der Waals surface area contributed by atoms with Crippen LogP contribution in [0.25, 0.3) is 0 Å². The average Bonchev–Trinajstić information content (AvgIpc) is 2.26. The van der Waals surface area contributed by atoms with Gasteiger partial charge in [0.1, 0.15) is 5.82 Å². The summed E-state index contributed by atoms with van der Waals surface area (Å²) in [7, 11) is 0. The van der Waals surface area contributed by atoms with Gasteiger partial charge in [0.25, 0.3) is 0 Å². The first-order valence-corrected chi connectivity index (χ1v) is 6.34. The number of halogens is 1. The Hall–Kier alpha value is -1.42. The largest absolute Gasteiger partial charge is 0.349 e. The lowest BCUT2D eigenvalue weighted by atomic mass is 9.88. The third-order valence-corrected chi connectivity index (χ3v) is 3.64. The first kappa shape index (κ1) is 13.0. The number of hydrogen-bond donors (Lipinski definition) is 2. The van der Waals surface area contributed by atoms with E-state index >= 15 is 0 Å². The molecule has 1 aromatic carbocycles. The number of carbonyl (C=O) groups excluding carboxylic acids is 1. The topological polar surface area (TPSA) is 41.1 Å². The molecule has 0 spiro atoms. The number of amides is 1. The molecule has 2 atom stereocenters. The predicted octanol–water partition coefficient (Wildman–Crippen LogP) is 1.86. The highest BCUT2D eigenvalue weighted by Gasteiger charge is 2.29. The molecule has 2 unspecified atom stereocenters. The minimum absolute atomic E-state index is 0.00209. The number of nitrogens with one attached hydrogen (secondary N) is 2. The Morgan fingerprint density at radius 2 is 2.17 bits per heavy atom. The highest BCUT2D eigenvalue weighted by molar-refractivity contribution is 5.79. The van der Waals surface area contributed by atoms with Gasteiger partial charge in [0, 0.05) is 5.92 Å². The molecule has 1 fully saturated rings. The summed E-state index contributed by atoms with van der Waals surface area (Å²) in [5, 5.41) is 6.10. The third kappa shape index (κ3) is 2.88. The minimum Gasteiger partial charge on any atom is -0.349 e. The summed E-state index contributed by atoms with van der Waals surface area (Å²) < 4.78 is 13.1. The van der Waals surface area contributed by atoms with E-state index in [2.05, 4.69) is 10.6 Å². The average molecular weight is 250 g/mol.